The van der Waals surface area contributed by atoms with Gasteiger partial charge in [0.25, 0.3) is 0 Å². The number of hydrogen-bond donors (Lipinski definition) is 1. The van der Waals surface area contributed by atoms with Gasteiger partial charge >= 0.3 is 6.09 Å². The lowest BCUT2D eigenvalue weighted by atomic mass is 9.96. The SMILES string of the molecule is COC1CC(COc2cnc(N3CCN(S(C)(=O)=O)CC3)cn2)CCN1C(=O)O. The van der Waals surface area contributed by atoms with Crippen LogP contribution in [0.3, 0.4) is 0 Å². The molecule has 1 aromatic heterocycles. The van der Waals surface area contributed by atoms with Crippen molar-refractivity contribution in [2.75, 3.05) is 57.6 Å². The predicted octanol–water partition coefficient (Wildman–Crippen LogP) is 0.300. The molecule has 2 atom stereocenters. The number of likely N-dealkylation sites (tertiary alicyclic amines) is 1. The summed E-state index contributed by atoms with van der Waals surface area (Å²) in [6.45, 7) is 2.79. The van der Waals surface area contributed by atoms with E-state index in [-0.39, 0.29) is 5.92 Å². The predicted molar refractivity (Wildman–Crippen MR) is 104 cm³/mol. The Balaban J connectivity index is 1.48. The molecule has 1 amide bonds. The highest BCUT2D eigenvalue weighted by Gasteiger charge is 2.32. The number of sulfonamides is 1. The maximum absolute atomic E-state index is 11.6. The smallest absolute Gasteiger partial charge is 0.409 e. The molecule has 1 aromatic rings. The van der Waals surface area contributed by atoms with Gasteiger partial charge in [0.1, 0.15) is 12.0 Å². The van der Waals surface area contributed by atoms with Crippen LogP contribution in [0.15, 0.2) is 12.4 Å². The van der Waals surface area contributed by atoms with Gasteiger partial charge in [-0.25, -0.2) is 23.2 Å². The fraction of sp³-hybridized carbons (Fsp3) is 0.706. The monoisotopic (exact) mass is 429 g/mol. The number of anilines is 1. The van der Waals surface area contributed by atoms with Crippen molar-refractivity contribution in [2.24, 2.45) is 5.92 Å². The molecule has 29 heavy (non-hydrogen) atoms. The highest BCUT2D eigenvalue weighted by atomic mass is 32.2. The Bertz CT molecular complexity index is 797. The second-order valence-electron chi connectivity index (χ2n) is 7.23. The largest absolute Gasteiger partial charge is 0.476 e. The van der Waals surface area contributed by atoms with Crippen LogP contribution in [-0.2, 0) is 14.8 Å². The first kappa shape index (κ1) is 21.5. The van der Waals surface area contributed by atoms with E-state index in [1.807, 2.05) is 4.90 Å². The number of methoxy groups -OCH3 is 1. The van der Waals surface area contributed by atoms with Gasteiger partial charge in [-0.3, -0.25) is 4.90 Å². The molecular weight excluding hydrogens is 402 g/mol. The Morgan fingerprint density at radius 1 is 1.21 bits per heavy atom. The van der Waals surface area contributed by atoms with E-state index in [1.165, 1.54) is 22.6 Å². The van der Waals surface area contributed by atoms with Gasteiger partial charge in [-0.2, -0.15) is 4.31 Å². The van der Waals surface area contributed by atoms with E-state index in [1.54, 1.807) is 12.4 Å². The third kappa shape index (κ3) is 5.46. The van der Waals surface area contributed by atoms with Crippen LogP contribution in [0, 0.1) is 5.92 Å². The molecule has 0 bridgehead atoms. The van der Waals surface area contributed by atoms with Gasteiger partial charge in [-0.15, -0.1) is 0 Å². The molecule has 2 unspecified atom stereocenters. The van der Waals surface area contributed by atoms with E-state index < -0.39 is 22.3 Å². The summed E-state index contributed by atoms with van der Waals surface area (Å²) in [5.41, 5.74) is 0. The first-order chi connectivity index (χ1) is 13.8. The zero-order chi connectivity index (χ0) is 21.0. The van der Waals surface area contributed by atoms with Crippen LogP contribution in [-0.4, -0.2) is 97.7 Å². The number of piperidine rings is 1. The third-order valence-electron chi connectivity index (χ3n) is 5.29. The molecule has 12 heteroatoms. The first-order valence-corrected chi connectivity index (χ1v) is 11.3. The van der Waals surface area contributed by atoms with Gasteiger partial charge in [0, 0.05) is 39.8 Å². The lowest BCUT2D eigenvalue weighted by Crippen LogP contribution is -2.48. The minimum Gasteiger partial charge on any atom is -0.476 e. The maximum Gasteiger partial charge on any atom is 0.409 e. The van der Waals surface area contributed by atoms with E-state index >= 15 is 0 Å². The number of amides is 1. The molecule has 3 rings (SSSR count). The van der Waals surface area contributed by atoms with Crippen LogP contribution >= 0.6 is 0 Å². The molecule has 1 N–H and O–H groups in total. The van der Waals surface area contributed by atoms with Crippen molar-refractivity contribution in [3.05, 3.63) is 12.4 Å². The minimum atomic E-state index is -3.16. The molecule has 2 fully saturated rings. The van der Waals surface area contributed by atoms with E-state index in [4.69, 9.17) is 9.47 Å². The summed E-state index contributed by atoms with van der Waals surface area (Å²) >= 11 is 0. The van der Waals surface area contributed by atoms with Crippen LogP contribution in [0.2, 0.25) is 0 Å². The molecule has 0 aromatic carbocycles. The van der Waals surface area contributed by atoms with Crippen molar-refractivity contribution < 1.29 is 27.8 Å². The van der Waals surface area contributed by atoms with E-state index in [9.17, 15) is 18.3 Å². The summed E-state index contributed by atoms with van der Waals surface area (Å²) in [4.78, 5) is 23.2. The second-order valence-corrected chi connectivity index (χ2v) is 9.21. The number of carbonyl (C=O) groups is 1. The molecule has 0 saturated carbocycles. The number of aromatic nitrogens is 2. The third-order valence-corrected chi connectivity index (χ3v) is 6.59. The Kier molecular flexibility index (Phi) is 6.75. The topological polar surface area (TPSA) is 125 Å². The summed E-state index contributed by atoms with van der Waals surface area (Å²) in [5.74, 6) is 1.25. The fourth-order valence-corrected chi connectivity index (χ4v) is 4.42. The van der Waals surface area contributed by atoms with Crippen LogP contribution in [0.5, 0.6) is 5.88 Å². The lowest BCUT2D eigenvalue weighted by Gasteiger charge is -2.36. The number of carboxylic acid groups (broad SMARTS) is 1. The van der Waals surface area contributed by atoms with Crippen molar-refractivity contribution in [1.29, 1.82) is 0 Å². The molecule has 3 heterocycles. The van der Waals surface area contributed by atoms with Crippen molar-refractivity contribution in [3.8, 4) is 5.88 Å². The number of ether oxygens (including phenoxy) is 2. The fourth-order valence-electron chi connectivity index (χ4n) is 3.59. The van der Waals surface area contributed by atoms with Gasteiger partial charge in [-0.1, -0.05) is 0 Å². The zero-order valence-corrected chi connectivity index (χ0v) is 17.4. The normalized spacial score (nSPS) is 23.8. The quantitative estimate of drug-likeness (QED) is 0.679. The van der Waals surface area contributed by atoms with Crippen molar-refractivity contribution >= 4 is 21.9 Å². The minimum absolute atomic E-state index is 0.168. The van der Waals surface area contributed by atoms with Crippen LogP contribution in [0.25, 0.3) is 0 Å². The Labute approximate surface area is 170 Å². The van der Waals surface area contributed by atoms with Crippen LogP contribution < -0.4 is 9.64 Å². The maximum atomic E-state index is 11.6. The number of piperazine rings is 1. The highest BCUT2D eigenvalue weighted by molar-refractivity contribution is 7.88. The summed E-state index contributed by atoms with van der Waals surface area (Å²) in [6, 6.07) is 0. The summed E-state index contributed by atoms with van der Waals surface area (Å²) in [6.07, 6.45) is 4.22. The molecule has 2 saturated heterocycles. The van der Waals surface area contributed by atoms with Crippen LogP contribution in [0.4, 0.5) is 10.6 Å². The van der Waals surface area contributed by atoms with Gasteiger partial charge in [0.05, 0.1) is 25.3 Å². The molecule has 2 aliphatic heterocycles. The van der Waals surface area contributed by atoms with E-state index in [0.29, 0.717) is 63.9 Å². The Morgan fingerprint density at radius 2 is 1.93 bits per heavy atom. The highest BCUT2D eigenvalue weighted by Crippen LogP contribution is 2.24. The molecule has 162 valence electrons. The van der Waals surface area contributed by atoms with Crippen molar-refractivity contribution in [1.82, 2.24) is 19.2 Å². The molecular formula is C17H27N5O6S. The molecule has 0 aliphatic carbocycles. The lowest BCUT2D eigenvalue weighted by molar-refractivity contribution is -0.0619. The summed E-state index contributed by atoms with van der Waals surface area (Å²) in [7, 11) is -1.66. The molecule has 11 nitrogen and oxygen atoms in total. The number of rotatable bonds is 6. The first-order valence-electron chi connectivity index (χ1n) is 9.45. The standard InChI is InChI=1S/C17H27N5O6S/c1-27-16-9-13(3-4-22(16)17(23)24)12-28-15-11-18-14(10-19-15)20-5-7-21(8-6-20)29(2,25)26/h10-11,13,16H,3-9,12H2,1-2H3,(H,23,24). The average Bonchev–Trinajstić information content (AvgIpc) is 2.71. The van der Waals surface area contributed by atoms with Gasteiger partial charge < -0.3 is 19.5 Å². The van der Waals surface area contributed by atoms with Crippen molar-refractivity contribution in [2.45, 2.75) is 19.1 Å². The summed E-state index contributed by atoms with van der Waals surface area (Å²) in [5, 5.41) is 9.18. The van der Waals surface area contributed by atoms with E-state index in [0.717, 1.165) is 0 Å². The molecule has 0 radical (unpaired) electrons. The molecule has 2 aliphatic rings. The molecule has 0 spiro atoms. The zero-order valence-electron chi connectivity index (χ0n) is 16.6. The Morgan fingerprint density at radius 3 is 2.48 bits per heavy atom. The summed E-state index contributed by atoms with van der Waals surface area (Å²) < 4.78 is 35.6. The van der Waals surface area contributed by atoms with E-state index in [2.05, 4.69) is 9.97 Å². The Hall–Kier alpha value is -2.18. The number of nitrogens with zero attached hydrogens (tertiary/aromatic N) is 5. The van der Waals surface area contributed by atoms with Gasteiger partial charge in [0.2, 0.25) is 15.9 Å². The average molecular weight is 429 g/mol. The van der Waals surface area contributed by atoms with Gasteiger partial charge in [0.15, 0.2) is 0 Å². The van der Waals surface area contributed by atoms with Gasteiger partial charge in [-0.05, 0) is 18.8 Å². The second kappa shape index (κ2) is 9.09. The van der Waals surface area contributed by atoms with Crippen LogP contribution in [0.1, 0.15) is 12.8 Å². The van der Waals surface area contributed by atoms with Crippen molar-refractivity contribution in [3.63, 3.8) is 0 Å². The number of hydrogen-bond acceptors (Lipinski definition) is 8.